The maximum Gasteiger partial charge on any atom is 0.264 e. The van der Waals surface area contributed by atoms with Crippen molar-refractivity contribution in [1.82, 2.24) is 4.90 Å². The summed E-state index contributed by atoms with van der Waals surface area (Å²) in [5, 5.41) is 0. The number of rotatable bonds is 3. The Morgan fingerprint density at radius 2 is 2.09 bits per heavy atom. The van der Waals surface area contributed by atoms with Gasteiger partial charge >= 0.3 is 0 Å². The van der Waals surface area contributed by atoms with Crippen molar-refractivity contribution in [2.75, 3.05) is 13.1 Å². The minimum atomic E-state index is -0.253. The molecule has 3 nitrogen and oxygen atoms in total. The fraction of sp³-hybridized carbons (Fsp3) is 0.389. The zero-order chi connectivity index (χ0) is 16.4. The van der Waals surface area contributed by atoms with E-state index in [1.165, 1.54) is 23.5 Å². The van der Waals surface area contributed by atoms with E-state index < -0.39 is 0 Å². The van der Waals surface area contributed by atoms with Crippen molar-refractivity contribution in [3.05, 3.63) is 45.9 Å². The van der Waals surface area contributed by atoms with Gasteiger partial charge in [0.15, 0.2) is 0 Å². The van der Waals surface area contributed by atoms with E-state index in [-0.39, 0.29) is 17.8 Å². The van der Waals surface area contributed by atoms with Crippen molar-refractivity contribution >= 4 is 17.2 Å². The van der Waals surface area contributed by atoms with Crippen molar-refractivity contribution in [1.29, 1.82) is 0 Å². The van der Waals surface area contributed by atoms with Crippen LogP contribution in [0.5, 0.6) is 0 Å². The molecule has 5 heteroatoms. The van der Waals surface area contributed by atoms with E-state index in [4.69, 9.17) is 5.73 Å². The van der Waals surface area contributed by atoms with Crippen LogP contribution in [0.2, 0.25) is 0 Å². The largest absolute Gasteiger partial charge is 0.334 e. The van der Waals surface area contributed by atoms with Crippen LogP contribution in [0.25, 0.3) is 11.1 Å². The molecule has 1 aliphatic rings. The van der Waals surface area contributed by atoms with Crippen LogP contribution in [0.15, 0.2) is 30.3 Å². The van der Waals surface area contributed by atoms with Crippen LogP contribution in [-0.2, 0) is 0 Å². The average Bonchev–Trinajstić information content (AvgIpc) is 2.96. The number of benzene rings is 1. The maximum atomic E-state index is 13.1. The summed E-state index contributed by atoms with van der Waals surface area (Å²) in [6.07, 6.45) is 3.16. The molecular weight excluding hydrogens is 311 g/mol. The predicted octanol–water partition coefficient (Wildman–Crippen LogP) is 3.82. The Hall–Kier alpha value is -1.72. The van der Waals surface area contributed by atoms with Gasteiger partial charge in [-0.05, 0) is 55.5 Å². The summed E-state index contributed by atoms with van der Waals surface area (Å²) in [6.45, 7) is 3.29. The van der Waals surface area contributed by atoms with E-state index >= 15 is 0 Å². The Kier molecular flexibility index (Phi) is 4.78. The Balaban J connectivity index is 1.87. The maximum absolute atomic E-state index is 13.1. The van der Waals surface area contributed by atoms with Crippen LogP contribution in [-0.4, -0.2) is 29.9 Å². The summed E-state index contributed by atoms with van der Waals surface area (Å²) >= 11 is 1.50. The zero-order valence-corrected chi connectivity index (χ0v) is 14.0. The number of halogens is 1. The van der Waals surface area contributed by atoms with Gasteiger partial charge < -0.3 is 10.6 Å². The molecule has 1 unspecified atom stereocenters. The lowest BCUT2D eigenvalue weighted by Gasteiger charge is -2.34. The number of hydrogen-bond acceptors (Lipinski definition) is 3. The molecule has 2 N–H and O–H groups in total. The third-order valence-electron chi connectivity index (χ3n) is 4.44. The molecule has 0 spiro atoms. The average molecular weight is 332 g/mol. The molecule has 1 aromatic carbocycles. The number of thiophene rings is 1. The topological polar surface area (TPSA) is 46.3 Å². The number of nitrogens with zero attached hydrogens (tertiary/aromatic N) is 1. The van der Waals surface area contributed by atoms with Gasteiger partial charge in [-0.1, -0.05) is 12.1 Å². The van der Waals surface area contributed by atoms with Crippen LogP contribution in [0.4, 0.5) is 4.39 Å². The SMILES string of the molecule is Cc1sc(C(=O)N2CCCCC2CN)cc1-c1ccc(F)cc1. The van der Waals surface area contributed by atoms with Crippen LogP contribution in [0, 0.1) is 12.7 Å². The molecule has 23 heavy (non-hydrogen) atoms. The Morgan fingerprint density at radius 1 is 1.35 bits per heavy atom. The third-order valence-corrected chi connectivity index (χ3v) is 5.48. The van der Waals surface area contributed by atoms with Gasteiger partial charge in [0.2, 0.25) is 0 Å². The summed E-state index contributed by atoms with van der Waals surface area (Å²) in [4.78, 5) is 16.6. The highest BCUT2D eigenvalue weighted by atomic mass is 32.1. The summed E-state index contributed by atoms with van der Waals surface area (Å²) in [7, 11) is 0. The van der Waals surface area contributed by atoms with Crippen LogP contribution in [0.3, 0.4) is 0 Å². The molecule has 0 saturated carbocycles. The molecule has 2 heterocycles. The molecule has 122 valence electrons. The van der Waals surface area contributed by atoms with Gasteiger partial charge in [0.1, 0.15) is 5.82 Å². The molecule has 2 aromatic rings. The van der Waals surface area contributed by atoms with Gasteiger partial charge in [0.05, 0.1) is 4.88 Å². The molecule has 3 rings (SSSR count). The van der Waals surface area contributed by atoms with Crippen molar-refractivity contribution in [3.63, 3.8) is 0 Å². The Labute approximate surface area is 139 Å². The van der Waals surface area contributed by atoms with Crippen molar-refractivity contribution in [2.24, 2.45) is 5.73 Å². The standard InChI is InChI=1S/C18H21FN2OS/c1-12-16(13-5-7-14(19)8-6-13)10-17(23-12)18(22)21-9-3-2-4-15(21)11-20/h5-8,10,15H,2-4,9,11,20H2,1H3. The van der Waals surface area contributed by atoms with E-state index in [1.54, 1.807) is 12.1 Å². The summed E-state index contributed by atoms with van der Waals surface area (Å²) in [5.74, 6) is -0.182. The van der Waals surface area contributed by atoms with E-state index in [9.17, 15) is 9.18 Å². The highest BCUT2D eigenvalue weighted by Gasteiger charge is 2.27. The van der Waals surface area contributed by atoms with E-state index in [0.717, 1.165) is 46.7 Å². The molecule has 1 aliphatic heterocycles. The zero-order valence-electron chi connectivity index (χ0n) is 13.2. The number of carbonyl (C=O) groups is 1. The number of aryl methyl sites for hydroxylation is 1. The molecular formula is C18H21FN2OS. The monoisotopic (exact) mass is 332 g/mol. The second-order valence-corrected chi connectivity index (χ2v) is 7.23. The quantitative estimate of drug-likeness (QED) is 0.929. The van der Waals surface area contributed by atoms with Crippen LogP contribution in [0.1, 0.15) is 33.8 Å². The summed E-state index contributed by atoms with van der Waals surface area (Å²) in [6, 6.07) is 8.47. The fourth-order valence-corrected chi connectivity index (χ4v) is 4.16. The lowest BCUT2D eigenvalue weighted by Crippen LogP contribution is -2.47. The highest BCUT2D eigenvalue weighted by molar-refractivity contribution is 7.14. The molecule has 1 amide bonds. The van der Waals surface area contributed by atoms with E-state index in [1.807, 2.05) is 17.9 Å². The van der Waals surface area contributed by atoms with Gasteiger partial charge in [-0.2, -0.15) is 0 Å². The minimum absolute atomic E-state index is 0.0709. The van der Waals surface area contributed by atoms with Crippen LogP contribution >= 0.6 is 11.3 Å². The van der Waals surface area contributed by atoms with Gasteiger partial charge in [0, 0.05) is 24.0 Å². The molecule has 0 radical (unpaired) electrons. The second-order valence-electron chi connectivity index (χ2n) is 5.97. The smallest absolute Gasteiger partial charge is 0.264 e. The number of amides is 1. The molecule has 0 aliphatic carbocycles. The Bertz CT molecular complexity index is 696. The first-order valence-corrected chi connectivity index (χ1v) is 8.79. The first-order chi connectivity index (χ1) is 11.1. The van der Waals surface area contributed by atoms with Gasteiger partial charge in [-0.15, -0.1) is 11.3 Å². The number of likely N-dealkylation sites (tertiary alicyclic amines) is 1. The number of carbonyl (C=O) groups excluding carboxylic acids is 1. The summed E-state index contributed by atoms with van der Waals surface area (Å²) < 4.78 is 13.1. The van der Waals surface area contributed by atoms with Gasteiger partial charge in [-0.3, -0.25) is 4.79 Å². The Morgan fingerprint density at radius 3 is 2.78 bits per heavy atom. The van der Waals surface area contributed by atoms with Crippen LogP contribution < -0.4 is 5.73 Å². The lowest BCUT2D eigenvalue weighted by molar-refractivity contribution is 0.0628. The molecule has 1 saturated heterocycles. The first-order valence-electron chi connectivity index (χ1n) is 7.97. The normalized spacial score (nSPS) is 18.2. The van der Waals surface area contributed by atoms with Crippen molar-refractivity contribution in [2.45, 2.75) is 32.2 Å². The summed E-state index contributed by atoms with van der Waals surface area (Å²) in [5.41, 5.74) is 7.76. The van der Waals surface area contributed by atoms with Crippen molar-refractivity contribution < 1.29 is 9.18 Å². The van der Waals surface area contributed by atoms with Gasteiger partial charge in [-0.25, -0.2) is 4.39 Å². The minimum Gasteiger partial charge on any atom is -0.334 e. The van der Waals surface area contributed by atoms with Crippen molar-refractivity contribution in [3.8, 4) is 11.1 Å². The second kappa shape index (κ2) is 6.81. The highest BCUT2D eigenvalue weighted by Crippen LogP contribution is 2.32. The number of piperidine rings is 1. The van der Waals surface area contributed by atoms with E-state index in [2.05, 4.69) is 0 Å². The van der Waals surface area contributed by atoms with Gasteiger partial charge in [0.25, 0.3) is 5.91 Å². The first kappa shape index (κ1) is 16.1. The molecule has 1 aromatic heterocycles. The third kappa shape index (κ3) is 3.31. The molecule has 0 bridgehead atoms. The fourth-order valence-electron chi connectivity index (χ4n) is 3.16. The molecule has 1 fully saturated rings. The number of hydrogen-bond donors (Lipinski definition) is 1. The number of nitrogens with two attached hydrogens (primary N) is 1. The van der Waals surface area contributed by atoms with E-state index in [0.29, 0.717) is 6.54 Å². The predicted molar refractivity (Wildman–Crippen MR) is 92.2 cm³/mol. The lowest BCUT2D eigenvalue weighted by atomic mass is 10.0. The molecule has 1 atom stereocenters.